The van der Waals surface area contributed by atoms with Gasteiger partial charge in [0.15, 0.2) is 11.6 Å². The molecule has 2 aromatic rings. The topological polar surface area (TPSA) is 72.2 Å². The van der Waals surface area contributed by atoms with Crippen molar-refractivity contribution in [1.82, 2.24) is 4.72 Å². The Labute approximate surface area is 125 Å². The summed E-state index contributed by atoms with van der Waals surface area (Å²) in [5, 5.41) is 0. The standard InChI is InChI=1S/C13H14F2N2O2S2/c1-8-4-13(20-12(8)6-16)21(18,19)17-7-9-2-3-10(14)11(15)5-9/h2-5,17H,6-7,16H2,1H3. The summed E-state index contributed by atoms with van der Waals surface area (Å²) in [5.74, 6) is -1.98. The highest BCUT2D eigenvalue weighted by Gasteiger charge is 2.18. The molecule has 21 heavy (non-hydrogen) atoms. The van der Waals surface area contributed by atoms with Crippen LogP contribution in [0.5, 0.6) is 0 Å². The lowest BCUT2D eigenvalue weighted by atomic mass is 10.2. The van der Waals surface area contributed by atoms with Gasteiger partial charge in [-0.15, -0.1) is 11.3 Å². The Morgan fingerprint density at radius 2 is 1.95 bits per heavy atom. The van der Waals surface area contributed by atoms with Crippen LogP contribution >= 0.6 is 11.3 Å². The van der Waals surface area contributed by atoms with E-state index in [0.717, 1.165) is 33.9 Å². The minimum atomic E-state index is -3.70. The molecule has 0 unspecified atom stereocenters. The lowest BCUT2D eigenvalue weighted by Crippen LogP contribution is -2.22. The molecule has 3 N–H and O–H groups in total. The van der Waals surface area contributed by atoms with E-state index in [1.165, 1.54) is 6.07 Å². The van der Waals surface area contributed by atoms with Gasteiger partial charge < -0.3 is 5.73 Å². The van der Waals surface area contributed by atoms with Crippen molar-refractivity contribution >= 4 is 21.4 Å². The molecule has 0 saturated carbocycles. The summed E-state index contributed by atoms with van der Waals surface area (Å²) in [6, 6.07) is 4.79. The number of sulfonamides is 1. The number of thiophene rings is 1. The summed E-state index contributed by atoms with van der Waals surface area (Å²) >= 11 is 1.10. The number of benzene rings is 1. The van der Waals surface area contributed by atoms with Crippen molar-refractivity contribution in [3.8, 4) is 0 Å². The molecular weight excluding hydrogens is 318 g/mol. The van der Waals surface area contributed by atoms with E-state index < -0.39 is 21.7 Å². The van der Waals surface area contributed by atoms with Crippen LogP contribution in [0.4, 0.5) is 8.78 Å². The number of nitrogens with one attached hydrogen (secondary N) is 1. The summed E-state index contributed by atoms with van der Waals surface area (Å²) in [7, 11) is -3.70. The zero-order chi connectivity index (χ0) is 15.6. The molecule has 1 aromatic carbocycles. The number of rotatable bonds is 5. The predicted octanol–water partition coefficient (Wildman–Crippen LogP) is 2.27. The minimum absolute atomic E-state index is 0.117. The van der Waals surface area contributed by atoms with Crippen LogP contribution in [0, 0.1) is 18.6 Å². The molecule has 0 bridgehead atoms. The van der Waals surface area contributed by atoms with Gasteiger partial charge in [-0.3, -0.25) is 0 Å². The number of aryl methyl sites for hydroxylation is 1. The number of nitrogens with two attached hydrogens (primary N) is 1. The van der Waals surface area contributed by atoms with E-state index >= 15 is 0 Å². The zero-order valence-electron chi connectivity index (χ0n) is 11.2. The van der Waals surface area contributed by atoms with Gasteiger partial charge in [-0.1, -0.05) is 6.07 Å². The molecule has 0 aliphatic rings. The monoisotopic (exact) mass is 332 g/mol. The molecule has 114 valence electrons. The van der Waals surface area contributed by atoms with E-state index in [4.69, 9.17) is 5.73 Å². The van der Waals surface area contributed by atoms with Gasteiger partial charge in [-0.25, -0.2) is 21.9 Å². The van der Waals surface area contributed by atoms with Gasteiger partial charge in [-0.2, -0.15) is 0 Å². The van der Waals surface area contributed by atoms with Gasteiger partial charge >= 0.3 is 0 Å². The Balaban J connectivity index is 2.15. The lowest BCUT2D eigenvalue weighted by Gasteiger charge is -2.05. The van der Waals surface area contributed by atoms with Crippen LogP contribution in [0.1, 0.15) is 16.0 Å². The number of halogens is 2. The predicted molar refractivity (Wildman–Crippen MR) is 77.3 cm³/mol. The van der Waals surface area contributed by atoms with Gasteiger partial charge in [0, 0.05) is 18.0 Å². The van der Waals surface area contributed by atoms with Crippen LogP contribution < -0.4 is 10.5 Å². The molecule has 0 fully saturated rings. The summed E-state index contributed by atoms with van der Waals surface area (Å²) in [4.78, 5) is 0.795. The second kappa shape index (κ2) is 6.18. The Morgan fingerprint density at radius 3 is 2.52 bits per heavy atom. The van der Waals surface area contributed by atoms with Crippen LogP contribution in [0.15, 0.2) is 28.5 Å². The van der Waals surface area contributed by atoms with Gasteiger partial charge in [-0.05, 0) is 36.2 Å². The third-order valence-corrected chi connectivity index (χ3v) is 6.03. The van der Waals surface area contributed by atoms with Gasteiger partial charge in [0.1, 0.15) is 4.21 Å². The molecule has 1 heterocycles. The molecule has 0 atom stereocenters. The van der Waals surface area contributed by atoms with Crippen molar-refractivity contribution in [1.29, 1.82) is 0 Å². The largest absolute Gasteiger partial charge is 0.326 e. The molecule has 8 heteroatoms. The highest BCUT2D eigenvalue weighted by atomic mass is 32.2. The molecule has 0 amide bonds. The average molecular weight is 332 g/mol. The molecule has 0 saturated heterocycles. The second-order valence-corrected chi connectivity index (χ2v) is 7.58. The minimum Gasteiger partial charge on any atom is -0.326 e. The maximum atomic E-state index is 13.1. The van der Waals surface area contributed by atoms with Crippen LogP contribution in [0.25, 0.3) is 0 Å². The van der Waals surface area contributed by atoms with Gasteiger partial charge in [0.05, 0.1) is 0 Å². The SMILES string of the molecule is Cc1cc(S(=O)(=O)NCc2ccc(F)c(F)c2)sc1CN. The first kappa shape index (κ1) is 16.0. The maximum absolute atomic E-state index is 13.1. The van der Waals surface area contributed by atoms with E-state index in [1.807, 2.05) is 0 Å². The first-order chi connectivity index (χ1) is 9.83. The third kappa shape index (κ3) is 3.65. The van der Waals surface area contributed by atoms with Crippen molar-refractivity contribution in [3.05, 3.63) is 51.9 Å². The first-order valence-corrected chi connectivity index (χ1v) is 8.36. The van der Waals surface area contributed by atoms with Crippen molar-refractivity contribution in [2.45, 2.75) is 24.2 Å². The fourth-order valence-electron chi connectivity index (χ4n) is 1.72. The maximum Gasteiger partial charge on any atom is 0.250 e. The van der Waals surface area contributed by atoms with E-state index in [2.05, 4.69) is 4.72 Å². The molecule has 0 spiro atoms. The fraction of sp³-hybridized carbons (Fsp3) is 0.231. The zero-order valence-corrected chi connectivity index (χ0v) is 12.8. The fourth-order valence-corrected chi connectivity index (χ4v) is 4.25. The number of hydrogen-bond acceptors (Lipinski definition) is 4. The highest BCUT2D eigenvalue weighted by Crippen LogP contribution is 2.25. The second-order valence-electron chi connectivity index (χ2n) is 4.45. The molecule has 4 nitrogen and oxygen atoms in total. The van der Waals surface area contributed by atoms with Crippen molar-refractivity contribution in [2.75, 3.05) is 0 Å². The summed E-state index contributed by atoms with van der Waals surface area (Å²) in [6.45, 7) is 1.94. The molecule has 0 aliphatic heterocycles. The Hall–Kier alpha value is -1.35. The van der Waals surface area contributed by atoms with Crippen molar-refractivity contribution in [2.24, 2.45) is 5.73 Å². The van der Waals surface area contributed by atoms with Gasteiger partial charge in [0.25, 0.3) is 0 Å². The third-order valence-electron chi connectivity index (χ3n) is 2.90. The average Bonchev–Trinajstić information content (AvgIpc) is 2.82. The summed E-state index contributed by atoms with van der Waals surface area (Å²) < 4.78 is 52.6. The van der Waals surface area contributed by atoms with Crippen LogP contribution in [0.3, 0.4) is 0 Å². The van der Waals surface area contributed by atoms with Crippen LogP contribution in [-0.4, -0.2) is 8.42 Å². The Bertz CT molecular complexity index is 758. The van der Waals surface area contributed by atoms with Crippen molar-refractivity contribution < 1.29 is 17.2 Å². The summed E-state index contributed by atoms with van der Waals surface area (Å²) in [6.07, 6.45) is 0. The molecule has 0 radical (unpaired) electrons. The lowest BCUT2D eigenvalue weighted by molar-refractivity contribution is 0.506. The van der Waals surface area contributed by atoms with Gasteiger partial charge in [0.2, 0.25) is 10.0 Å². The summed E-state index contributed by atoms with van der Waals surface area (Å²) in [5.41, 5.74) is 6.67. The quantitative estimate of drug-likeness (QED) is 0.882. The van der Waals surface area contributed by atoms with Crippen LogP contribution in [-0.2, 0) is 23.1 Å². The molecule has 2 rings (SSSR count). The highest BCUT2D eigenvalue weighted by molar-refractivity contribution is 7.91. The Morgan fingerprint density at radius 1 is 1.24 bits per heavy atom. The van der Waals surface area contributed by atoms with E-state index in [-0.39, 0.29) is 17.3 Å². The van der Waals surface area contributed by atoms with E-state index in [9.17, 15) is 17.2 Å². The van der Waals surface area contributed by atoms with E-state index in [0.29, 0.717) is 5.56 Å². The molecule has 0 aliphatic carbocycles. The molecular formula is C13H14F2N2O2S2. The van der Waals surface area contributed by atoms with E-state index in [1.54, 1.807) is 13.0 Å². The normalized spacial score (nSPS) is 11.8. The molecule has 1 aromatic heterocycles. The number of hydrogen-bond donors (Lipinski definition) is 2. The first-order valence-electron chi connectivity index (χ1n) is 6.06. The smallest absolute Gasteiger partial charge is 0.250 e. The van der Waals surface area contributed by atoms with Crippen LogP contribution in [0.2, 0.25) is 0 Å². The van der Waals surface area contributed by atoms with Crippen molar-refractivity contribution in [3.63, 3.8) is 0 Å². The Kier molecular flexibility index (Phi) is 4.72.